The Kier molecular flexibility index (Phi) is 3.74. The second-order valence-corrected chi connectivity index (χ2v) is 4.11. The molecule has 16 heavy (non-hydrogen) atoms. The summed E-state index contributed by atoms with van der Waals surface area (Å²) in [6, 6.07) is 5.59. The molecule has 1 aromatic heterocycles. The molecule has 1 aliphatic rings. The minimum atomic E-state index is -0.546. The van der Waals surface area contributed by atoms with Crippen LogP contribution in [0.25, 0.3) is 0 Å². The average molecular weight is 222 g/mol. The number of piperidine rings is 1. The molecule has 1 saturated heterocycles. The Morgan fingerprint density at radius 1 is 1.50 bits per heavy atom. The Bertz CT molecular complexity index is 338. The number of hydrogen-bond donors (Lipinski definition) is 2. The number of nitrogens with zero attached hydrogens (tertiary/aromatic N) is 1. The highest BCUT2D eigenvalue weighted by atomic mass is 16.5. The first-order chi connectivity index (χ1) is 7.81. The lowest BCUT2D eigenvalue weighted by Crippen LogP contribution is -2.39. The molecule has 4 nitrogen and oxygen atoms in total. The molecule has 0 bridgehead atoms. The number of pyridine rings is 1. The maximum atomic E-state index is 10.2. The number of nitrogens with one attached hydrogen (secondary N) is 1. The number of rotatable bonds is 3. The van der Waals surface area contributed by atoms with Crippen LogP contribution in [0.3, 0.4) is 0 Å². The summed E-state index contributed by atoms with van der Waals surface area (Å²) < 4.78 is 5.05. The van der Waals surface area contributed by atoms with Gasteiger partial charge >= 0.3 is 0 Å². The van der Waals surface area contributed by atoms with Crippen LogP contribution in [0.2, 0.25) is 0 Å². The van der Waals surface area contributed by atoms with Crippen LogP contribution < -0.4 is 10.1 Å². The number of aromatic nitrogens is 1. The van der Waals surface area contributed by atoms with Crippen molar-refractivity contribution in [3.05, 3.63) is 23.9 Å². The average Bonchev–Trinajstić information content (AvgIpc) is 2.39. The highest BCUT2D eigenvalue weighted by molar-refractivity contribution is 5.18. The van der Waals surface area contributed by atoms with Crippen molar-refractivity contribution in [3.8, 4) is 5.88 Å². The molecule has 0 aromatic carbocycles. The maximum absolute atomic E-state index is 10.2. The minimum absolute atomic E-state index is 0.119. The van der Waals surface area contributed by atoms with Gasteiger partial charge in [0, 0.05) is 12.1 Å². The zero-order valence-electron chi connectivity index (χ0n) is 9.52. The summed E-state index contributed by atoms with van der Waals surface area (Å²) in [7, 11) is 1.58. The van der Waals surface area contributed by atoms with E-state index < -0.39 is 6.10 Å². The lowest BCUT2D eigenvalue weighted by atomic mass is 9.98. The molecule has 2 N–H and O–H groups in total. The molecule has 2 unspecified atom stereocenters. The van der Waals surface area contributed by atoms with Crippen molar-refractivity contribution in [2.45, 2.75) is 31.4 Å². The first-order valence-electron chi connectivity index (χ1n) is 5.73. The van der Waals surface area contributed by atoms with Crippen LogP contribution in [0.1, 0.15) is 31.1 Å². The fraction of sp³-hybridized carbons (Fsp3) is 0.583. The second kappa shape index (κ2) is 5.27. The van der Waals surface area contributed by atoms with E-state index in [1.165, 1.54) is 12.8 Å². The molecule has 0 saturated carbocycles. The second-order valence-electron chi connectivity index (χ2n) is 4.11. The SMILES string of the molecule is COc1cccc(C(O)C2CCCCN2)n1. The van der Waals surface area contributed by atoms with Crippen LogP contribution in [0, 0.1) is 0 Å². The van der Waals surface area contributed by atoms with E-state index in [0.717, 1.165) is 13.0 Å². The van der Waals surface area contributed by atoms with Crippen LogP contribution in [0.15, 0.2) is 18.2 Å². The summed E-state index contributed by atoms with van der Waals surface area (Å²) in [6.07, 6.45) is 2.81. The molecular weight excluding hydrogens is 204 g/mol. The van der Waals surface area contributed by atoms with Crippen molar-refractivity contribution in [1.82, 2.24) is 10.3 Å². The van der Waals surface area contributed by atoms with E-state index in [2.05, 4.69) is 10.3 Å². The van der Waals surface area contributed by atoms with Crippen LogP contribution in [-0.2, 0) is 0 Å². The Morgan fingerprint density at radius 3 is 3.06 bits per heavy atom. The van der Waals surface area contributed by atoms with Crippen molar-refractivity contribution < 1.29 is 9.84 Å². The molecule has 4 heteroatoms. The van der Waals surface area contributed by atoms with Gasteiger partial charge in [-0.05, 0) is 25.5 Å². The van der Waals surface area contributed by atoms with Crippen LogP contribution in [0.4, 0.5) is 0 Å². The fourth-order valence-corrected chi connectivity index (χ4v) is 2.06. The van der Waals surface area contributed by atoms with E-state index in [1.807, 2.05) is 12.1 Å². The Hall–Kier alpha value is -1.13. The molecule has 1 aromatic rings. The number of methoxy groups -OCH3 is 1. The standard InChI is InChI=1S/C12H18N2O2/c1-16-11-7-4-6-10(14-11)12(15)9-5-2-3-8-13-9/h4,6-7,9,12-13,15H,2-3,5,8H2,1H3. The summed E-state index contributed by atoms with van der Waals surface area (Å²) in [5.74, 6) is 0.548. The highest BCUT2D eigenvalue weighted by Crippen LogP contribution is 2.22. The van der Waals surface area contributed by atoms with Crippen molar-refractivity contribution in [1.29, 1.82) is 0 Å². The van der Waals surface area contributed by atoms with Crippen molar-refractivity contribution in [3.63, 3.8) is 0 Å². The number of aliphatic hydroxyl groups is 1. The predicted molar refractivity (Wildman–Crippen MR) is 61.4 cm³/mol. The molecule has 88 valence electrons. The molecule has 1 fully saturated rings. The predicted octanol–water partition coefficient (Wildman–Crippen LogP) is 1.27. The topological polar surface area (TPSA) is 54.4 Å². The number of hydrogen-bond acceptors (Lipinski definition) is 4. The minimum Gasteiger partial charge on any atom is -0.481 e. The van der Waals surface area contributed by atoms with Gasteiger partial charge in [0.1, 0.15) is 6.10 Å². The molecule has 2 heterocycles. The maximum Gasteiger partial charge on any atom is 0.213 e. The van der Waals surface area contributed by atoms with Crippen LogP contribution in [0.5, 0.6) is 5.88 Å². The van der Waals surface area contributed by atoms with Gasteiger partial charge in [0.15, 0.2) is 0 Å². The molecule has 0 aliphatic carbocycles. The lowest BCUT2D eigenvalue weighted by molar-refractivity contribution is 0.109. The Morgan fingerprint density at radius 2 is 2.38 bits per heavy atom. The van der Waals surface area contributed by atoms with Crippen molar-refractivity contribution in [2.24, 2.45) is 0 Å². The van der Waals surface area contributed by atoms with Gasteiger partial charge < -0.3 is 15.2 Å². The summed E-state index contributed by atoms with van der Waals surface area (Å²) in [4.78, 5) is 4.25. The normalized spacial score (nSPS) is 22.8. The van der Waals surface area contributed by atoms with E-state index in [-0.39, 0.29) is 6.04 Å². The molecule has 2 rings (SSSR count). The zero-order valence-corrected chi connectivity index (χ0v) is 9.52. The lowest BCUT2D eigenvalue weighted by Gasteiger charge is -2.27. The summed E-state index contributed by atoms with van der Waals surface area (Å²) in [5.41, 5.74) is 0.679. The largest absolute Gasteiger partial charge is 0.481 e. The van der Waals surface area contributed by atoms with Gasteiger partial charge in [-0.3, -0.25) is 0 Å². The molecule has 2 atom stereocenters. The zero-order chi connectivity index (χ0) is 11.4. The van der Waals surface area contributed by atoms with E-state index in [1.54, 1.807) is 13.2 Å². The van der Waals surface area contributed by atoms with E-state index in [0.29, 0.717) is 11.6 Å². The third kappa shape index (κ3) is 2.51. The van der Waals surface area contributed by atoms with Gasteiger partial charge in [-0.25, -0.2) is 4.98 Å². The quantitative estimate of drug-likeness (QED) is 0.808. The number of aliphatic hydroxyl groups excluding tert-OH is 1. The van der Waals surface area contributed by atoms with Gasteiger partial charge in [0.05, 0.1) is 12.8 Å². The molecule has 0 spiro atoms. The monoisotopic (exact) mass is 222 g/mol. The van der Waals surface area contributed by atoms with Gasteiger partial charge in [-0.1, -0.05) is 12.5 Å². The molecule has 0 radical (unpaired) electrons. The van der Waals surface area contributed by atoms with E-state index in [9.17, 15) is 5.11 Å². The van der Waals surface area contributed by atoms with Gasteiger partial charge in [-0.15, -0.1) is 0 Å². The smallest absolute Gasteiger partial charge is 0.213 e. The van der Waals surface area contributed by atoms with Gasteiger partial charge in [0.25, 0.3) is 0 Å². The third-order valence-electron chi connectivity index (χ3n) is 2.99. The van der Waals surface area contributed by atoms with Crippen molar-refractivity contribution >= 4 is 0 Å². The Labute approximate surface area is 95.7 Å². The van der Waals surface area contributed by atoms with E-state index >= 15 is 0 Å². The third-order valence-corrected chi connectivity index (χ3v) is 2.99. The summed E-state index contributed by atoms with van der Waals surface area (Å²) in [5, 5.41) is 13.5. The van der Waals surface area contributed by atoms with Crippen molar-refractivity contribution in [2.75, 3.05) is 13.7 Å². The summed E-state index contributed by atoms with van der Waals surface area (Å²) >= 11 is 0. The van der Waals surface area contributed by atoms with Crippen LogP contribution in [-0.4, -0.2) is 29.8 Å². The highest BCUT2D eigenvalue weighted by Gasteiger charge is 2.23. The summed E-state index contributed by atoms with van der Waals surface area (Å²) in [6.45, 7) is 0.978. The van der Waals surface area contributed by atoms with Gasteiger partial charge in [0.2, 0.25) is 5.88 Å². The first-order valence-corrected chi connectivity index (χ1v) is 5.73. The molecule has 1 aliphatic heterocycles. The Balaban J connectivity index is 2.09. The fourth-order valence-electron chi connectivity index (χ4n) is 2.06. The van der Waals surface area contributed by atoms with Crippen LogP contribution >= 0.6 is 0 Å². The first kappa shape index (κ1) is 11.4. The van der Waals surface area contributed by atoms with Gasteiger partial charge in [-0.2, -0.15) is 0 Å². The number of ether oxygens (including phenoxy) is 1. The van der Waals surface area contributed by atoms with E-state index in [4.69, 9.17) is 4.74 Å². The molecule has 0 amide bonds. The molecular formula is C12H18N2O2.